The van der Waals surface area contributed by atoms with Gasteiger partial charge in [-0.2, -0.15) is 15.0 Å². The van der Waals surface area contributed by atoms with E-state index in [-0.39, 0.29) is 11.3 Å². The van der Waals surface area contributed by atoms with E-state index in [1.54, 1.807) is 10.9 Å². The first-order chi connectivity index (χ1) is 8.24. The molecule has 0 fully saturated rings. The summed E-state index contributed by atoms with van der Waals surface area (Å²) in [6.45, 7) is 2.79. The predicted molar refractivity (Wildman–Crippen MR) is 60.7 cm³/mol. The molecule has 0 amide bonds. The molecule has 0 bridgehead atoms. The van der Waals surface area contributed by atoms with Crippen molar-refractivity contribution >= 4 is 11.6 Å². The van der Waals surface area contributed by atoms with Gasteiger partial charge in [-0.3, -0.25) is 0 Å². The minimum atomic E-state index is 0.0797. The van der Waals surface area contributed by atoms with E-state index in [4.69, 9.17) is 16.3 Å². The summed E-state index contributed by atoms with van der Waals surface area (Å²) in [6, 6.07) is 0.171. The van der Waals surface area contributed by atoms with Gasteiger partial charge in [0.15, 0.2) is 5.82 Å². The van der Waals surface area contributed by atoms with Gasteiger partial charge in [-0.05, 0) is 18.0 Å². The van der Waals surface area contributed by atoms with Crippen molar-refractivity contribution in [2.24, 2.45) is 0 Å². The number of hydrogen-bond acceptors (Lipinski definition) is 6. The van der Waals surface area contributed by atoms with Crippen LogP contribution in [0.15, 0.2) is 6.20 Å². The lowest BCUT2D eigenvalue weighted by atomic mass is 10.4. The molecule has 0 aliphatic rings. The number of ether oxygens (including phenoxy) is 1. The highest BCUT2D eigenvalue weighted by molar-refractivity contribution is 6.28. The van der Waals surface area contributed by atoms with Gasteiger partial charge in [-0.1, -0.05) is 12.1 Å². The molecule has 0 unspecified atom stereocenters. The summed E-state index contributed by atoms with van der Waals surface area (Å²) in [7, 11) is 1.47. The Morgan fingerprint density at radius 2 is 2.18 bits per heavy atom. The van der Waals surface area contributed by atoms with Crippen LogP contribution in [0.5, 0.6) is 6.01 Å². The van der Waals surface area contributed by atoms with Crippen LogP contribution in [0.3, 0.4) is 0 Å². The molecular formula is C9H11ClN6O. The molecular weight excluding hydrogens is 244 g/mol. The molecule has 0 saturated heterocycles. The molecule has 0 spiro atoms. The van der Waals surface area contributed by atoms with Crippen LogP contribution in [0.2, 0.25) is 5.28 Å². The zero-order chi connectivity index (χ0) is 12.3. The standard InChI is InChI=1S/C9H11ClN6O/c1-3-4-16-6(5-11-15-16)7-12-8(10)14-9(13-7)17-2/h5H,3-4H2,1-2H3. The molecule has 7 nitrogen and oxygen atoms in total. The van der Waals surface area contributed by atoms with Gasteiger partial charge in [-0.15, -0.1) is 5.10 Å². The molecule has 2 aromatic heterocycles. The Labute approximate surface area is 103 Å². The second-order valence-electron chi connectivity index (χ2n) is 3.26. The number of aromatic nitrogens is 6. The van der Waals surface area contributed by atoms with E-state index in [1.807, 2.05) is 6.92 Å². The van der Waals surface area contributed by atoms with Crippen LogP contribution in [-0.2, 0) is 6.54 Å². The Morgan fingerprint density at radius 3 is 2.88 bits per heavy atom. The topological polar surface area (TPSA) is 78.6 Å². The SMILES string of the molecule is CCCn1nncc1-c1nc(Cl)nc(OC)n1. The minimum Gasteiger partial charge on any atom is -0.467 e. The van der Waals surface area contributed by atoms with E-state index in [0.717, 1.165) is 13.0 Å². The first-order valence-electron chi connectivity index (χ1n) is 5.09. The van der Waals surface area contributed by atoms with Gasteiger partial charge in [0.25, 0.3) is 0 Å². The van der Waals surface area contributed by atoms with E-state index in [0.29, 0.717) is 11.5 Å². The molecule has 2 heterocycles. The fraction of sp³-hybridized carbons (Fsp3) is 0.444. The Hall–Kier alpha value is -1.76. The van der Waals surface area contributed by atoms with Gasteiger partial charge >= 0.3 is 6.01 Å². The zero-order valence-electron chi connectivity index (χ0n) is 9.46. The van der Waals surface area contributed by atoms with Crippen molar-refractivity contribution in [3.05, 3.63) is 11.5 Å². The van der Waals surface area contributed by atoms with Gasteiger partial charge in [0.2, 0.25) is 5.28 Å². The number of methoxy groups -OCH3 is 1. The monoisotopic (exact) mass is 254 g/mol. The smallest absolute Gasteiger partial charge is 0.321 e. The Morgan fingerprint density at radius 1 is 1.35 bits per heavy atom. The fourth-order valence-electron chi connectivity index (χ4n) is 1.35. The molecule has 0 saturated carbocycles. The average Bonchev–Trinajstić information content (AvgIpc) is 2.77. The number of halogens is 1. The van der Waals surface area contributed by atoms with Crippen molar-refractivity contribution in [1.82, 2.24) is 29.9 Å². The molecule has 2 rings (SSSR count). The maximum atomic E-state index is 5.78. The maximum Gasteiger partial charge on any atom is 0.321 e. The minimum absolute atomic E-state index is 0.0797. The molecule has 0 N–H and O–H groups in total. The number of rotatable bonds is 4. The Balaban J connectivity index is 2.44. The Kier molecular flexibility index (Phi) is 3.48. The van der Waals surface area contributed by atoms with Crippen LogP contribution in [0.25, 0.3) is 11.5 Å². The number of nitrogens with zero attached hydrogens (tertiary/aromatic N) is 6. The van der Waals surface area contributed by atoms with Crippen LogP contribution in [0.4, 0.5) is 0 Å². The molecule has 0 aliphatic heterocycles. The summed E-state index contributed by atoms with van der Waals surface area (Å²) in [5.41, 5.74) is 0.689. The molecule has 2 aromatic rings. The highest BCUT2D eigenvalue weighted by atomic mass is 35.5. The molecule has 0 atom stereocenters. The largest absolute Gasteiger partial charge is 0.467 e. The van der Waals surface area contributed by atoms with E-state index in [2.05, 4.69) is 25.3 Å². The van der Waals surface area contributed by atoms with Gasteiger partial charge < -0.3 is 4.74 Å². The lowest BCUT2D eigenvalue weighted by Gasteiger charge is -2.04. The fourth-order valence-corrected chi connectivity index (χ4v) is 1.50. The summed E-state index contributed by atoms with van der Waals surface area (Å²) in [4.78, 5) is 11.9. The molecule has 8 heteroatoms. The predicted octanol–water partition coefficient (Wildman–Crippen LogP) is 1.20. The molecule has 90 valence electrons. The highest BCUT2D eigenvalue weighted by Gasteiger charge is 2.12. The molecule has 0 radical (unpaired) electrons. The summed E-state index contributed by atoms with van der Waals surface area (Å²) >= 11 is 5.78. The van der Waals surface area contributed by atoms with E-state index >= 15 is 0 Å². The summed E-state index contributed by atoms with van der Waals surface area (Å²) in [5, 5.41) is 7.86. The molecule has 17 heavy (non-hydrogen) atoms. The first kappa shape index (κ1) is 11.7. The summed E-state index contributed by atoms with van der Waals surface area (Å²) < 4.78 is 6.65. The van der Waals surface area contributed by atoms with Crippen molar-refractivity contribution < 1.29 is 4.74 Å². The molecule has 0 aliphatic carbocycles. The van der Waals surface area contributed by atoms with Crippen LogP contribution in [-0.4, -0.2) is 37.1 Å². The van der Waals surface area contributed by atoms with Gasteiger partial charge in [0.05, 0.1) is 13.3 Å². The second kappa shape index (κ2) is 5.05. The summed E-state index contributed by atoms with van der Waals surface area (Å²) in [5.74, 6) is 0.403. The first-order valence-corrected chi connectivity index (χ1v) is 5.46. The molecule has 0 aromatic carbocycles. The summed E-state index contributed by atoms with van der Waals surface area (Å²) in [6.07, 6.45) is 2.52. The zero-order valence-corrected chi connectivity index (χ0v) is 10.2. The van der Waals surface area contributed by atoms with Gasteiger partial charge in [-0.25, -0.2) is 4.68 Å². The maximum absolute atomic E-state index is 5.78. The second-order valence-corrected chi connectivity index (χ2v) is 3.60. The van der Waals surface area contributed by atoms with Crippen molar-refractivity contribution in [2.45, 2.75) is 19.9 Å². The number of hydrogen-bond donors (Lipinski definition) is 0. The van der Waals surface area contributed by atoms with Crippen LogP contribution >= 0.6 is 11.6 Å². The van der Waals surface area contributed by atoms with Gasteiger partial charge in [0.1, 0.15) is 5.69 Å². The van der Waals surface area contributed by atoms with E-state index in [1.165, 1.54) is 7.11 Å². The van der Waals surface area contributed by atoms with E-state index in [9.17, 15) is 0 Å². The van der Waals surface area contributed by atoms with E-state index < -0.39 is 0 Å². The third-order valence-corrected chi connectivity index (χ3v) is 2.22. The lowest BCUT2D eigenvalue weighted by Crippen LogP contribution is -2.05. The third-order valence-electron chi connectivity index (χ3n) is 2.05. The average molecular weight is 255 g/mol. The van der Waals surface area contributed by atoms with Crippen LogP contribution < -0.4 is 4.74 Å². The quantitative estimate of drug-likeness (QED) is 0.816. The van der Waals surface area contributed by atoms with Crippen LogP contribution in [0, 0.1) is 0 Å². The van der Waals surface area contributed by atoms with Crippen molar-refractivity contribution in [3.8, 4) is 17.5 Å². The van der Waals surface area contributed by atoms with Crippen molar-refractivity contribution in [3.63, 3.8) is 0 Å². The number of aryl methyl sites for hydroxylation is 1. The van der Waals surface area contributed by atoms with Crippen molar-refractivity contribution in [1.29, 1.82) is 0 Å². The van der Waals surface area contributed by atoms with Crippen molar-refractivity contribution in [2.75, 3.05) is 7.11 Å². The van der Waals surface area contributed by atoms with Crippen LogP contribution in [0.1, 0.15) is 13.3 Å². The lowest BCUT2D eigenvalue weighted by molar-refractivity contribution is 0.378. The Bertz CT molecular complexity index is 514. The normalized spacial score (nSPS) is 10.5. The third kappa shape index (κ3) is 2.50. The highest BCUT2D eigenvalue weighted by Crippen LogP contribution is 2.17. The van der Waals surface area contributed by atoms with Gasteiger partial charge in [0, 0.05) is 6.54 Å².